The Bertz CT molecular complexity index is 1380. The second-order valence-corrected chi connectivity index (χ2v) is 13.1. The zero-order valence-corrected chi connectivity index (χ0v) is 27.4. The monoisotopic (exact) mass is 646 g/mol. The van der Waals surface area contributed by atoms with Gasteiger partial charge in [-0.05, 0) is 112 Å². The number of carbonyl (C=O) groups is 2. The standard InChI is InChI=1S/C36H43BrN2O4/c1-25(26-11-7-6-8-12-26)38-34(40)23-33(27-15-17-29(37)18-16-27)32-14-10-9-13-28(32)24-39(35(41)43-36(2,3)4)30-19-21-31(42-5)22-20-30/h6-8,11-12,15-22,24-25,32-33H,9-10,13-14,23H2,1-5H3,(H,38,40)/b28-24-/t25-,32+,33-/m0/s1. The lowest BCUT2D eigenvalue weighted by molar-refractivity contribution is -0.122. The molecule has 0 aliphatic heterocycles. The number of carbonyl (C=O) groups excluding carboxylic acids is 2. The van der Waals surface area contributed by atoms with E-state index in [0.717, 1.165) is 46.9 Å². The molecule has 0 unspecified atom stereocenters. The van der Waals surface area contributed by atoms with Gasteiger partial charge in [-0.2, -0.15) is 0 Å². The summed E-state index contributed by atoms with van der Waals surface area (Å²) in [6.07, 6.45) is 5.72. The highest BCUT2D eigenvalue weighted by atomic mass is 79.9. The zero-order valence-electron chi connectivity index (χ0n) is 25.8. The number of anilines is 1. The van der Waals surface area contributed by atoms with Gasteiger partial charge < -0.3 is 14.8 Å². The first-order valence-corrected chi connectivity index (χ1v) is 15.8. The molecular weight excluding hydrogens is 604 g/mol. The van der Waals surface area contributed by atoms with Gasteiger partial charge in [-0.1, -0.05) is 64.8 Å². The van der Waals surface area contributed by atoms with E-state index in [-0.39, 0.29) is 23.8 Å². The number of allylic oxidation sites excluding steroid dienone is 1. The largest absolute Gasteiger partial charge is 0.497 e. The topological polar surface area (TPSA) is 67.9 Å². The Hall–Kier alpha value is -3.58. The Balaban J connectivity index is 1.69. The van der Waals surface area contributed by atoms with Gasteiger partial charge in [0.1, 0.15) is 11.4 Å². The van der Waals surface area contributed by atoms with Crippen molar-refractivity contribution in [3.05, 3.63) is 106 Å². The van der Waals surface area contributed by atoms with E-state index >= 15 is 0 Å². The number of benzene rings is 3. The highest BCUT2D eigenvalue weighted by molar-refractivity contribution is 9.10. The number of ether oxygens (including phenoxy) is 2. The Labute approximate surface area is 264 Å². The molecule has 6 nitrogen and oxygen atoms in total. The quantitative estimate of drug-likeness (QED) is 0.251. The van der Waals surface area contributed by atoms with E-state index in [4.69, 9.17) is 9.47 Å². The van der Waals surface area contributed by atoms with Crippen LogP contribution in [0.2, 0.25) is 0 Å². The average Bonchev–Trinajstić information content (AvgIpc) is 2.99. The van der Waals surface area contributed by atoms with Crippen LogP contribution in [0.3, 0.4) is 0 Å². The van der Waals surface area contributed by atoms with Crippen molar-refractivity contribution in [1.29, 1.82) is 0 Å². The van der Waals surface area contributed by atoms with Crippen molar-refractivity contribution < 1.29 is 19.1 Å². The molecule has 3 aromatic rings. The van der Waals surface area contributed by atoms with Gasteiger partial charge in [0, 0.05) is 17.1 Å². The minimum absolute atomic E-state index is 0.00773. The van der Waals surface area contributed by atoms with Crippen LogP contribution < -0.4 is 15.0 Å². The number of nitrogens with zero attached hydrogens (tertiary/aromatic N) is 1. The summed E-state index contributed by atoms with van der Waals surface area (Å²) in [5, 5.41) is 3.22. The third-order valence-corrected chi connectivity index (χ3v) is 8.34. The normalized spacial score (nSPS) is 17.5. The maximum atomic E-state index is 13.6. The molecule has 0 saturated heterocycles. The molecule has 0 radical (unpaired) electrons. The molecule has 1 saturated carbocycles. The number of methoxy groups -OCH3 is 1. The number of hydrogen-bond donors (Lipinski definition) is 1. The van der Waals surface area contributed by atoms with Gasteiger partial charge in [-0.3, -0.25) is 9.69 Å². The van der Waals surface area contributed by atoms with Crippen molar-refractivity contribution in [2.24, 2.45) is 5.92 Å². The fourth-order valence-electron chi connectivity index (χ4n) is 5.66. The molecular formula is C36H43BrN2O4. The molecule has 1 aliphatic rings. The molecule has 1 N–H and O–H groups in total. The van der Waals surface area contributed by atoms with Crippen LogP contribution in [0.4, 0.5) is 10.5 Å². The van der Waals surface area contributed by atoms with Gasteiger partial charge in [0.15, 0.2) is 0 Å². The third kappa shape index (κ3) is 9.20. The molecule has 1 fully saturated rings. The van der Waals surface area contributed by atoms with Crippen LogP contribution >= 0.6 is 15.9 Å². The summed E-state index contributed by atoms with van der Waals surface area (Å²) < 4.78 is 12.2. The Kier molecular flexibility index (Phi) is 11.1. The summed E-state index contributed by atoms with van der Waals surface area (Å²) in [4.78, 5) is 28.7. The Morgan fingerprint density at radius 2 is 1.65 bits per heavy atom. The molecule has 7 heteroatoms. The lowest BCUT2D eigenvalue weighted by atomic mass is 9.72. The summed E-state index contributed by atoms with van der Waals surface area (Å²) in [5.41, 5.74) is 3.37. The van der Waals surface area contributed by atoms with Crippen LogP contribution in [0.5, 0.6) is 5.75 Å². The van der Waals surface area contributed by atoms with E-state index in [0.29, 0.717) is 17.9 Å². The van der Waals surface area contributed by atoms with Gasteiger partial charge in [-0.15, -0.1) is 0 Å². The first kappa shape index (κ1) is 32.3. The number of rotatable bonds is 9. The van der Waals surface area contributed by atoms with Gasteiger partial charge in [0.25, 0.3) is 0 Å². The van der Waals surface area contributed by atoms with Crippen LogP contribution in [0, 0.1) is 5.92 Å². The second kappa shape index (κ2) is 14.7. The van der Waals surface area contributed by atoms with Crippen LogP contribution in [-0.2, 0) is 9.53 Å². The molecule has 3 aromatic carbocycles. The minimum Gasteiger partial charge on any atom is -0.497 e. The third-order valence-electron chi connectivity index (χ3n) is 7.81. The number of nitrogens with one attached hydrogen (secondary N) is 1. The average molecular weight is 648 g/mol. The summed E-state index contributed by atoms with van der Waals surface area (Å²) in [6, 6.07) is 25.6. The first-order chi connectivity index (χ1) is 20.5. The number of amides is 2. The van der Waals surface area contributed by atoms with Crippen LogP contribution in [0.15, 0.2) is 95.1 Å². The van der Waals surface area contributed by atoms with Crippen LogP contribution in [0.1, 0.15) is 82.9 Å². The Morgan fingerprint density at radius 1 is 0.977 bits per heavy atom. The minimum atomic E-state index is -0.653. The fraction of sp³-hybridized carbons (Fsp3) is 0.389. The number of halogens is 1. The van der Waals surface area contributed by atoms with Crippen molar-refractivity contribution >= 4 is 33.6 Å². The van der Waals surface area contributed by atoms with Crippen molar-refractivity contribution in [3.63, 3.8) is 0 Å². The van der Waals surface area contributed by atoms with E-state index in [9.17, 15) is 9.59 Å². The molecule has 43 heavy (non-hydrogen) atoms. The molecule has 0 spiro atoms. The fourth-order valence-corrected chi connectivity index (χ4v) is 5.93. The van der Waals surface area contributed by atoms with E-state index in [1.807, 2.05) is 101 Å². The molecule has 0 heterocycles. The van der Waals surface area contributed by atoms with E-state index in [1.165, 1.54) is 0 Å². The lowest BCUT2D eigenvalue weighted by Gasteiger charge is -2.35. The van der Waals surface area contributed by atoms with Crippen molar-refractivity contribution in [3.8, 4) is 5.75 Å². The molecule has 228 valence electrons. The van der Waals surface area contributed by atoms with Gasteiger partial charge >= 0.3 is 6.09 Å². The molecule has 3 atom stereocenters. The summed E-state index contributed by atoms with van der Waals surface area (Å²) in [7, 11) is 1.62. The molecule has 0 aromatic heterocycles. The van der Waals surface area contributed by atoms with E-state index in [1.54, 1.807) is 12.0 Å². The van der Waals surface area contributed by atoms with Crippen LogP contribution in [0.25, 0.3) is 0 Å². The van der Waals surface area contributed by atoms with E-state index in [2.05, 4.69) is 33.4 Å². The van der Waals surface area contributed by atoms with Crippen LogP contribution in [-0.4, -0.2) is 24.7 Å². The zero-order chi connectivity index (χ0) is 31.0. The highest BCUT2D eigenvalue weighted by Gasteiger charge is 2.32. The van der Waals surface area contributed by atoms with Crippen molar-refractivity contribution in [1.82, 2.24) is 5.32 Å². The van der Waals surface area contributed by atoms with E-state index < -0.39 is 11.7 Å². The predicted octanol–water partition coefficient (Wildman–Crippen LogP) is 9.32. The molecule has 0 bridgehead atoms. The van der Waals surface area contributed by atoms with Crippen molar-refractivity contribution in [2.75, 3.05) is 12.0 Å². The first-order valence-electron chi connectivity index (χ1n) is 15.0. The summed E-state index contributed by atoms with van der Waals surface area (Å²) in [5.74, 6) is 0.741. The summed E-state index contributed by atoms with van der Waals surface area (Å²) in [6.45, 7) is 7.62. The maximum absolute atomic E-state index is 13.6. The second-order valence-electron chi connectivity index (χ2n) is 12.2. The maximum Gasteiger partial charge on any atom is 0.418 e. The SMILES string of the molecule is COc1ccc(N(/C=C2/CCCC[C@H]2[C@@H](CC(=O)N[C@@H](C)c2ccccc2)c2ccc(Br)cc2)C(=O)OC(C)(C)C)cc1. The lowest BCUT2D eigenvalue weighted by Crippen LogP contribution is -2.35. The molecule has 4 rings (SSSR count). The molecule has 1 aliphatic carbocycles. The Morgan fingerprint density at radius 3 is 2.28 bits per heavy atom. The summed E-state index contributed by atoms with van der Waals surface area (Å²) >= 11 is 3.56. The number of hydrogen-bond acceptors (Lipinski definition) is 4. The van der Waals surface area contributed by atoms with Crippen molar-refractivity contribution in [2.45, 2.75) is 77.4 Å². The predicted molar refractivity (Wildman–Crippen MR) is 176 cm³/mol. The molecule has 2 amide bonds. The smallest absolute Gasteiger partial charge is 0.418 e. The van der Waals surface area contributed by atoms with Gasteiger partial charge in [0.05, 0.1) is 18.8 Å². The van der Waals surface area contributed by atoms with Gasteiger partial charge in [0.2, 0.25) is 5.91 Å². The van der Waals surface area contributed by atoms with Gasteiger partial charge in [-0.25, -0.2) is 4.79 Å². The highest BCUT2D eigenvalue weighted by Crippen LogP contribution is 2.42.